The van der Waals surface area contributed by atoms with E-state index >= 15 is 0 Å². The molecule has 0 unspecified atom stereocenters. The summed E-state index contributed by atoms with van der Waals surface area (Å²) in [6, 6.07) is 0. The SMILES string of the molecule is CN(C)C.O=[N+]([O-])[O-].O=[SH](=O)O.[Li+]. The third-order valence-corrected chi connectivity index (χ3v) is 0. The topological polar surface area (TPSA) is 124 Å². The molecule has 0 bridgehead atoms. The quantitative estimate of drug-likeness (QED) is 0.137. The van der Waals surface area contributed by atoms with E-state index in [9.17, 15) is 0 Å². The first-order chi connectivity index (χ1) is 5.20. The van der Waals surface area contributed by atoms with Crippen molar-refractivity contribution in [3.63, 3.8) is 0 Å². The molecule has 0 fully saturated rings. The van der Waals surface area contributed by atoms with Crippen LogP contribution in [-0.2, 0) is 11.0 Å². The molecule has 10 heteroatoms. The third-order valence-electron chi connectivity index (χ3n) is 0. The Kier molecular flexibility index (Phi) is 31.2. The van der Waals surface area contributed by atoms with Crippen molar-refractivity contribution in [2.45, 2.75) is 0 Å². The van der Waals surface area contributed by atoms with Gasteiger partial charge in [-0.3, -0.25) is 4.55 Å². The minimum Gasteiger partial charge on any atom is -0.356 e. The molecule has 76 valence electrons. The van der Waals surface area contributed by atoms with Crippen LogP contribution in [0.4, 0.5) is 0 Å². The summed E-state index contributed by atoms with van der Waals surface area (Å²) in [4.78, 5) is 10.2. The van der Waals surface area contributed by atoms with Crippen LogP contribution in [0, 0.1) is 15.3 Å². The van der Waals surface area contributed by atoms with Crippen LogP contribution >= 0.6 is 0 Å². The zero-order valence-electron chi connectivity index (χ0n) is 7.83. The van der Waals surface area contributed by atoms with Gasteiger partial charge in [0.2, 0.25) is 0 Å². The minimum atomic E-state index is -3.12. The van der Waals surface area contributed by atoms with Crippen LogP contribution in [0.1, 0.15) is 0 Å². The summed E-state index contributed by atoms with van der Waals surface area (Å²) in [6.07, 6.45) is 0. The molecule has 0 heterocycles. The molecular weight excluding hydrogens is 199 g/mol. The first-order valence-electron chi connectivity index (χ1n) is 2.45. The zero-order chi connectivity index (χ0) is 10.7. The molecule has 0 aliphatic heterocycles. The van der Waals surface area contributed by atoms with E-state index < -0.39 is 16.1 Å². The fourth-order valence-corrected chi connectivity index (χ4v) is 0. The summed E-state index contributed by atoms with van der Waals surface area (Å²) in [5.74, 6) is 0. The fraction of sp³-hybridized carbons (Fsp3) is 1.00. The van der Waals surface area contributed by atoms with Crippen molar-refractivity contribution in [3.8, 4) is 0 Å². The summed E-state index contributed by atoms with van der Waals surface area (Å²) in [7, 11) is 2.88. The van der Waals surface area contributed by atoms with Gasteiger partial charge >= 0.3 is 18.9 Å². The molecule has 0 rings (SSSR count). The first kappa shape index (κ1) is 23.0. The monoisotopic (exact) mass is 210 g/mol. The summed E-state index contributed by atoms with van der Waals surface area (Å²) in [5.41, 5.74) is 0. The maximum Gasteiger partial charge on any atom is 1.00 e. The Morgan fingerprint density at radius 1 is 1.23 bits per heavy atom. The average molecular weight is 210 g/mol. The second-order valence-electron chi connectivity index (χ2n) is 1.80. The summed E-state index contributed by atoms with van der Waals surface area (Å²) < 4.78 is 24.2. The predicted octanol–water partition coefficient (Wildman–Crippen LogP) is -3.99. The van der Waals surface area contributed by atoms with E-state index in [1.807, 2.05) is 26.0 Å². The Morgan fingerprint density at radius 3 is 1.23 bits per heavy atom. The zero-order valence-corrected chi connectivity index (χ0v) is 8.72. The molecule has 8 nitrogen and oxygen atoms in total. The number of thiol groups is 1. The van der Waals surface area contributed by atoms with E-state index in [1.165, 1.54) is 0 Å². The summed E-state index contributed by atoms with van der Waals surface area (Å²) >= 11 is 0. The molecule has 0 aliphatic rings. The van der Waals surface area contributed by atoms with Crippen molar-refractivity contribution in [1.29, 1.82) is 0 Å². The normalized spacial score (nSPS) is 7.23. The van der Waals surface area contributed by atoms with Gasteiger partial charge in [-0.1, -0.05) is 0 Å². The van der Waals surface area contributed by atoms with E-state index in [4.69, 9.17) is 28.3 Å². The van der Waals surface area contributed by atoms with Crippen LogP contribution in [0.15, 0.2) is 0 Å². The van der Waals surface area contributed by atoms with Gasteiger partial charge in [-0.25, -0.2) is 8.42 Å². The van der Waals surface area contributed by atoms with Crippen molar-refractivity contribution < 1.29 is 36.9 Å². The Morgan fingerprint density at radius 2 is 1.23 bits per heavy atom. The molecule has 0 aromatic rings. The van der Waals surface area contributed by atoms with Crippen molar-refractivity contribution in [2.75, 3.05) is 21.1 Å². The molecule has 0 atom stereocenters. The molecule has 0 amide bonds. The molecule has 0 aromatic carbocycles. The van der Waals surface area contributed by atoms with E-state index in [0.29, 0.717) is 0 Å². The van der Waals surface area contributed by atoms with Gasteiger partial charge in [0.25, 0.3) is 11.0 Å². The molecule has 0 aliphatic carbocycles. The number of hydrogen-bond donors (Lipinski definition) is 2. The van der Waals surface area contributed by atoms with Crippen LogP contribution in [0.5, 0.6) is 0 Å². The van der Waals surface area contributed by atoms with Crippen LogP contribution < -0.4 is 18.9 Å². The smallest absolute Gasteiger partial charge is 0.356 e. The maximum absolute atomic E-state index is 8.59. The molecule has 0 spiro atoms. The predicted molar refractivity (Wildman–Crippen MR) is 42.9 cm³/mol. The van der Waals surface area contributed by atoms with Gasteiger partial charge in [0.15, 0.2) is 0 Å². The van der Waals surface area contributed by atoms with E-state index in [0.717, 1.165) is 0 Å². The van der Waals surface area contributed by atoms with E-state index in [1.54, 1.807) is 0 Å². The Labute approximate surface area is 89.6 Å². The molecule has 0 saturated carbocycles. The van der Waals surface area contributed by atoms with E-state index in [2.05, 4.69) is 0 Å². The largest absolute Gasteiger partial charge is 1.00 e. The van der Waals surface area contributed by atoms with Gasteiger partial charge in [0.05, 0.1) is 5.09 Å². The van der Waals surface area contributed by atoms with E-state index in [-0.39, 0.29) is 18.9 Å². The minimum absolute atomic E-state index is 0. The molecule has 13 heavy (non-hydrogen) atoms. The summed E-state index contributed by atoms with van der Waals surface area (Å²) in [5, 5.41) is 14.8. The standard InChI is InChI=1S/C3H9N.Li.NO3.H2O3S/c1-4(2)3;;2-1(3)4;1-4(2)3/h1-3H3;;;4H,(H,1,2,3)/q;+1;-1;. The van der Waals surface area contributed by atoms with Gasteiger partial charge in [-0.05, 0) is 21.1 Å². The van der Waals surface area contributed by atoms with Gasteiger partial charge < -0.3 is 20.2 Å². The van der Waals surface area contributed by atoms with Gasteiger partial charge in [-0.15, -0.1) is 0 Å². The molecule has 0 aromatic heterocycles. The van der Waals surface area contributed by atoms with Crippen LogP contribution in [0.2, 0.25) is 0 Å². The Balaban J connectivity index is -0.0000000450. The van der Waals surface area contributed by atoms with Crippen LogP contribution in [-0.4, -0.2) is 44.1 Å². The van der Waals surface area contributed by atoms with Crippen LogP contribution in [0.3, 0.4) is 0 Å². The van der Waals surface area contributed by atoms with Crippen LogP contribution in [0.25, 0.3) is 0 Å². The van der Waals surface area contributed by atoms with Crippen molar-refractivity contribution in [3.05, 3.63) is 15.3 Å². The Bertz CT molecular complexity index is 157. The fourth-order valence-electron chi connectivity index (χ4n) is 0. The second kappa shape index (κ2) is 17.7. The number of rotatable bonds is 0. The number of nitrogens with zero attached hydrogens (tertiary/aromatic N) is 2. The van der Waals surface area contributed by atoms with Crippen molar-refractivity contribution >= 4 is 11.0 Å². The Hall–Kier alpha value is -0.333. The van der Waals surface area contributed by atoms with Gasteiger partial charge in [-0.2, -0.15) is 0 Å². The maximum atomic E-state index is 8.59. The van der Waals surface area contributed by atoms with Gasteiger partial charge in [0.1, 0.15) is 0 Å². The average Bonchev–Trinajstić information content (AvgIpc) is 1.54. The summed E-state index contributed by atoms with van der Waals surface area (Å²) in [6.45, 7) is 0. The van der Waals surface area contributed by atoms with Gasteiger partial charge in [0, 0.05) is 0 Å². The van der Waals surface area contributed by atoms with Crippen molar-refractivity contribution in [1.82, 2.24) is 4.90 Å². The van der Waals surface area contributed by atoms with Crippen molar-refractivity contribution in [2.24, 2.45) is 0 Å². The second-order valence-corrected chi connectivity index (χ2v) is 2.28. The molecular formula is C3H11LiN2O6S. The molecule has 1 N–H and O–H groups in total. The third kappa shape index (κ3) is 9860. The first-order valence-corrected chi connectivity index (χ1v) is 3.58. The number of hydrogen-bond acceptors (Lipinski definition) is 6. The molecule has 0 saturated heterocycles. The molecule has 0 radical (unpaired) electrons.